The lowest BCUT2D eigenvalue weighted by molar-refractivity contribution is -0.274. The molecule has 9 heteroatoms. The van der Waals surface area contributed by atoms with E-state index in [-0.39, 0.29) is 11.3 Å². The third-order valence-electron chi connectivity index (χ3n) is 5.40. The fourth-order valence-corrected chi connectivity index (χ4v) is 3.85. The predicted octanol–water partition coefficient (Wildman–Crippen LogP) is 4.24. The van der Waals surface area contributed by atoms with E-state index >= 15 is 0 Å². The first-order valence-corrected chi connectivity index (χ1v) is 9.94. The minimum atomic E-state index is -4.77. The predicted molar refractivity (Wildman–Crippen MR) is 113 cm³/mol. The van der Waals surface area contributed by atoms with Gasteiger partial charge in [0.25, 0.3) is 5.56 Å². The lowest BCUT2D eigenvalue weighted by Gasteiger charge is -2.28. The molecule has 162 valence electrons. The Kier molecular flexibility index (Phi) is 4.80. The zero-order valence-corrected chi connectivity index (χ0v) is 16.7. The molecule has 6 nitrogen and oxygen atoms in total. The van der Waals surface area contributed by atoms with Crippen molar-refractivity contribution in [2.75, 3.05) is 11.4 Å². The molecule has 0 unspecified atom stereocenters. The van der Waals surface area contributed by atoms with E-state index < -0.39 is 6.36 Å². The molecule has 0 radical (unpaired) electrons. The van der Waals surface area contributed by atoms with Gasteiger partial charge >= 0.3 is 6.36 Å². The van der Waals surface area contributed by atoms with Crippen LogP contribution in [0.5, 0.6) is 5.75 Å². The number of hydrogen-bond acceptors (Lipinski definition) is 5. The van der Waals surface area contributed by atoms with Crippen LogP contribution < -0.4 is 15.2 Å². The zero-order chi connectivity index (χ0) is 22.3. The number of rotatable bonds is 3. The molecule has 1 aliphatic rings. The number of ether oxygens (including phenoxy) is 1. The van der Waals surface area contributed by atoms with Crippen molar-refractivity contribution in [1.82, 2.24) is 14.5 Å². The first-order valence-electron chi connectivity index (χ1n) is 9.94. The summed E-state index contributed by atoms with van der Waals surface area (Å²) in [7, 11) is 0. The van der Waals surface area contributed by atoms with Gasteiger partial charge < -0.3 is 9.64 Å². The molecule has 2 aromatic carbocycles. The van der Waals surface area contributed by atoms with Crippen LogP contribution in [0.4, 0.5) is 19.1 Å². The maximum Gasteiger partial charge on any atom is 0.573 e. The van der Waals surface area contributed by atoms with Gasteiger partial charge in [-0.05, 0) is 47.9 Å². The van der Waals surface area contributed by atoms with E-state index in [0.29, 0.717) is 29.1 Å². The molecule has 4 aromatic rings. The molecular formula is C23H17F3N4O2. The fraction of sp³-hybridized carbons (Fsp3) is 0.174. The molecule has 0 saturated carbocycles. The van der Waals surface area contributed by atoms with Crippen LogP contribution in [0.1, 0.15) is 11.1 Å². The van der Waals surface area contributed by atoms with E-state index in [4.69, 9.17) is 0 Å². The number of fused-ring (bicyclic) bond motifs is 2. The van der Waals surface area contributed by atoms with Crippen molar-refractivity contribution in [3.63, 3.8) is 0 Å². The maximum absolute atomic E-state index is 13.0. The van der Waals surface area contributed by atoms with Gasteiger partial charge in [0, 0.05) is 31.2 Å². The van der Waals surface area contributed by atoms with Crippen molar-refractivity contribution in [1.29, 1.82) is 0 Å². The van der Waals surface area contributed by atoms with Crippen LogP contribution in [-0.2, 0) is 13.0 Å². The SMILES string of the molecule is O=c1c2cnc(N3CCc4ccccc4C3)nc2ccn1-c1ccc(OC(F)(F)F)cc1. The van der Waals surface area contributed by atoms with Gasteiger partial charge in [0.05, 0.1) is 10.9 Å². The van der Waals surface area contributed by atoms with Crippen molar-refractivity contribution in [2.45, 2.75) is 19.3 Å². The standard InChI is InChI=1S/C23H17F3N4O2/c24-23(25,26)32-18-7-5-17(6-8-18)30-12-10-20-19(21(30)31)13-27-22(28-20)29-11-9-15-3-1-2-4-16(15)14-29/h1-8,10,12-13H,9,11,14H2. The Bertz CT molecular complexity index is 1350. The van der Waals surface area contributed by atoms with Gasteiger partial charge in [0.2, 0.25) is 5.95 Å². The highest BCUT2D eigenvalue weighted by atomic mass is 19.4. The van der Waals surface area contributed by atoms with Crippen molar-refractivity contribution in [3.8, 4) is 11.4 Å². The van der Waals surface area contributed by atoms with Gasteiger partial charge in [-0.2, -0.15) is 0 Å². The number of aromatic nitrogens is 3. The number of benzene rings is 2. The first-order chi connectivity index (χ1) is 15.4. The highest BCUT2D eigenvalue weighted by Gasteiger charge is 2.31. The summed E-state index contributed by atoms with van der Waals surface area (Å²) in [6.07, 6.45) is -0.829. The van der Waals surface area contributed by atoms with Gasteiger partial charge in [0.1, 0.15) is 5.75 Å². The molecule has 0 saturated heterocycles. The highest BCUT2D eigenvalue weighted by molar-refractivity contribution is 5.78. The molecule has 5 rings (SSSR count). The number of nitrogens with zero attached hydrogens (tertiary/aromatic N) is 4. The summed E-state index contributed by atoms with van der Waals surface area (Å²) >= 11 is 0. The normalized spacial score (nSPS) is 13.8. The van der Waals surface area contributed by atoms with Gasteiger partial charge in [-0.15, -0.1) is 13.2 Å². The monoisotopic (exact) mass is 438 g/mol. The quantitative estimate of drug-likeness (QED) is 0.479. The van der Waals surface area contributed by atoms with Crippen LogP contribution in [0.3, 0.4) is 0 Å². The average molecular weight is 438 g/mol. The van der Waals surface area contributed by atoms with Crippen LogP contribution in [0.2, 0.25) is 0 Å². The molecule has 0 fully saturated rings. The number of anilines is 1. The van der Waals surface area contributed by atoms with Crippen LogP contribution in [-0.4, -0.2) is 27.4 Å². The van der Waals surface area contributed by atoms with E-state index in [9.17, 15) is 18.0 Å². The van der Waals surface area contributed by atoms with Crippen LogP contribution in [0, 0.1) is 0 Å². The van der Waals surface area contributed by atoms with Crippen molar-refractivity contribution in [3.05, 3.63) is 88.5 Å². The van der Waals surface area contributed by atoms with Crippen LogP contribution in [0.15, 0.2) is 71.8 Å². The Hall–Kier alpha value is -3.88. The third-order valence-corrected chi connectivity index (χ3v) is 5.40. The Labute approximate surface area is 180 Å². The van der Waals surface area contributed by atoms with Gasteiger partial charge in [0.15, 0.2) is 0 Å². The average Bonchev–Trinajstić information content (AvgIpc) is 2.78. The summed E-state index contributed by atoms with van der Waals surface area (Å²) in [4.78, 5) is 24.0. The summed E-state index contributed by atoms with van der Waals surface area (Å²) in [5.41, 5.74) is 3.10. The number of pyridine rings is 1. The van der Waals surface area contributed by atoms with Gasteiger partial charge in [-0.3, -0.25) is 9.36 Å². The number of hydrogen-bond donors (Lipinski definition) is 0. The lowest BCUT2D eigenvalue weighted by atomic mass is 10.0. The smallest absolute Gasteiger partial charge is 0.406 e. The second-order valence-electron chi connectivity index (χ2n) is 7.44. The van der Waals surface area contributed by atoms with Crippen molar-refractivity contribution in [2.24, 2.45) is 0 Å². The number of halogens is 3. The summed E-state index contributed by atoms with van der Waals surface area (Å²) in [6, 6.07) is 15.0. The van der Waals surface area contributed by atoms with Crippen LogP contribution >= 0.6 is 0 Å². The Morgan fingerprint density at radius 2 is 1.72 bits per heavy atom. The van der Waals surface area contributed by atoms with Gasteiger partial charge in [-0.1, -0.05) is 24.3 Å². The van der Waals surface area contributed by atoms with E-state index in [0.717, 1.165) is 25.1 Å². The molecule has 0 aliphatic carbocycles. The molecule has 32 heavy (non-hydrogen) atoms. The molecule has 3 heterocycles. The molecule has 0 atom stereocenters. The summed E-state index contributed by atoms with van der Waals surface area (Å²) in [5, 5.41) is 0.323. The van der Waals surface area contributed by atoms with Crippen molar-refractivity contribution < 1.29 is 17.9 Å². The maximum atomic E-state index is 13.0. The first kappa shape index (κ1) is 20.0. The molecule has 0 N–H and O–H groups in total. The summed E-state index contributed by atoms with van der Waals surface area (Å²) in [6.45, 7) is 1.48. The second-order valence-corrected chi connectivity index (χ2v) is 7.44. The Morgan fingerprint density at radius 3 is 2.47 bits per heavy atom. The summed E-state index contributed by atoms with van der Waals surface area (Å²) < 4.78 is 42.3. The minimum absolute atomic E-state index is 0.323. The highest BCUT2D eigenvalue weighted by Crippen LogP contribution is 2.25. The van der Waals surface area contributed by atoms with Crippen molar-refractivity contribution >= 4 is 16.9 Å². The largest absolute Gasteiger partial charge is 0.573 e. The molecule has 0 amide bonds. The summed E-state index contributed by atoms with van der Waals surface area (Å²) in [5.74, 6) is 0.198. The third kappa shape index (κ3) is 3.89. The van der Waals surface area contributed by atoms with E-state index in [1.807, 2.05) is 12.1 Å². The fourth-order valence-electron chi connectivity index (χ4n) is 3.85. The Morgan fingerprint density at radius 1 is 0.969 bits per heavy atom. The molecule has 0 bridgehead atoms. The topological polar surface area (TPSA) is 60.2 Å². The molecule has 2 aromatic heterocycles. The molecular weight excluding hydrogens is 421 g/mol. The molecule has 1 aliphatic heterocycles. The van der Waals surface area contributed by atoms with E-state index in [1.165, 1.54) is 34.0 Å². The molecule has 0 spiro atoms. The minimum Gasteiger partial charge on any atom is -0.406 e. The lowest BCUT2D eigenvalue weighted by Crippen LogP contribution is -2.31. The van der Waals surface area contributed by atoms with E-state index in [2.05, 4.69) is 31.7 Å². The van der Waals surface area contributed by atoms with E-state index in [1.54, 1.807) is 12.3 Å². The second kappa shape index (κ2) is 7.67. The zero-order valence-electron chi connectivity index (χ0n) is 16.7. The Balaban J connectivity index is 1.44. The van der Waals surface area contributed by atoms with Crippen LogP contribution in [0.25, 0.3) is 16.6 Å². The number of alkyl halides is 3. The van der Waals surface area contributed by atoms with Gasteiger partial charge in [-0.25, -0.2) is 9.97 Å².